The smallest absolute Gasteiger partial charge is 0.113 e. The molecule has 1 N–H and O–H groups in total. The SMILES string of the molecule is Cc1oc(C2CCC2)c(CO)c1C(C)C. The summed E-state index contributed by atoms with van der Waals surface area (Å²) in [4.78, 5) is 0. The van der Waals surface area contributed by atoms with Gasteiger partial charge in [0.05, 0.1) is 6.61 Å². The van der Waals surface area contributed by atoms with Gasteiger partial charge in [0, 0.05) is 17.0 Å². The third kappa shape index (κ3) is 1.71. The average molecular weight is 208 g/mol. The first kappa shape index (κ1) is 10.7. The molecule has 0 saturated heterocycles. The van der Waals surface area contributed by atoms with E-state index in [-0.39, 0.29) is 6.61 Å². The normalized spacial score (nSPS) is 17.1. The molecule has 1 aliphatic carbocycles. The van der Waals surface area contributed by atoms with E-state index in [2.05, 4.69) is 13.8 Å². The highest BCUT2D eigenvalue weighted by Gasteiger charge is 2.29. The predicted octanol–water partition coefficient (Wildman–Crippen LogP) is 3.47. The van der Waals surface area contributed by atoms with Crippen LogP contribution < -0.4 is 0 Å². The molecule has 0 bridgehead atoms. The second-order valence-electron chi connectivity index (χ2n) is 4.86. The zero-order chi connectivity index (χ0) is 11.0. The van der Waals surface area contributed by atoms with Crippen LogP contribution in [0.2, 0.25) is 0 Å². The van der Waals surface area contributed by atoms with Crippen LogP contribution in [0.25, 0.3) is 0 Å². The number of hydrogen-bond acceptors (Lipinski definition) is 2. The first-order valence-electron chi connectivity index (χ1n) is 5.88. The molecule has 1 aromatic rings. The van der Waals surface area contributed by atoms with Crippen LogP contribution in [0.3, 0.4) is 0 Å². The van der Waals surface area contributed by atoms with E-state index in [1.54, 1.807) is 0 Å². The van der Waals surface area contributed by atoms with E-state index < -0.39 is 0 Å². The lowest BCUT2D eigenvalue weighted by Gasteiger charge is -2.24. The van der Waals surface area contributed by atoms with Crippen molar-refractivity contribution >= 4 is 0 Å². The third-order valence-electron chi connectivity index (χ3n) is 3.48. The summed E-state index contributed by atoms with van der Waals surface area (Å²) >= 11 is 0. The lowest BCUT2D eigenvalue weighted by molar-refractivity contribution is 0.268. The fourth-order valence-electron chi connectivity index (χ4n) is 2.54. The van der Waals surface area contributed by atoms with E-state index in [1.165, 1.54) is 24.8 Å². The molecule has 1 saturated carbocycles. The second-order valence-corrected chi connectivity index (χ2v) is 4.86. The van der Waals surface area contributed by atoms with Crippen LogP contribution in [0.5, 0.6) is 0 Å². The van der Waals surface area contributed by atoms with Crippen LogP contribution in [-0.4, -0.2) is 5.11 Å². The van der Waals surface area contributed by atoms with Crippen LogP contribution in [0.4, 0.5) is 0 Å². The summed E-state index contributed by atoms with van der Waals surface area (Å²) in [6.07, 6.45) is 3.74. The maximum absolute atomic E-state index is 9.47. The lowest BCUT2D eigenvalue weighted by atomic mass is 9.81. The minimum Gasteiger partial charge on any atom is -0.465 e. The van der Waals surface area contributed by atoms with Crippen molar-refractivity contribution in [1.82, 2.24) is 0 Å². The first-order chi connectivity index (χ1) is 7.15. The number of aryl methyl sites for hydroxylation is 1. The molecule has 0 spiro atoms. The molecule has 0 amide bonds. The Bertz CT molecular complexity index is 346. The Morgan fingerprint density at radius 1 is 1.40 bits per heavy atom. The second kappa shape index (κ2) is 4.01. The first-order valence-corrected chi connectivity index (χ1v) is 5.88. The van der Waals surface area contributed by atoms with E-state index in [0.29, 0.717) is 11.8 Å². The fourth-order valence-corrected chi connectivity index (χ4v) is 2.54. The molecule has 1 aliphatic rings. The lowest BCUT2D eigenvalue weighted by Crippen LogP contribution is -2.10. The zero-order valence-corrected chi connectivity index (χ0v) is 9.84. The van der Waals surface area contributed by atoms with Crippen LogP contribution >= 0.6 is 0 Å². The summed E-state index contributed by atoms with van der Waals surface area (Å²) in [5.41, 5.74) is 2.28. The number of rotatable bonds is 3. The van der Waals surface area contributed by atoms with Crippen LogP contribution in [-0.2, 0) is 6.61 Å². The Labute approximate surface area is 91.3 Å². The van der Waals surface area contributed by atoms with E-state index in [0.717, 1.165) is 17.1 Å². The summed E-state index contributed by atoms with van der Waals surface area (Å²) in [5, 5.41) is 9.47. The van der Waals surface area contributed by atoms with Gasteiger partial charge in [0.2, 0.25) is 0 Å². The van der Waals surface area contributed by atoms with E-state index >= 15 is 0 Å². The van der Waals surface area contributed by atoms with Gasteiger partial charge in [0.15, 0.2) is 0 Å². The number of aliphatic hydroxyl groups excluding tert-OH is 1. The largest absolute Gasteiger partial charge is 0.465 e. The maximum atomic E-state index is 9.47. The minimum absolute atomic E-state index is 0.122. The average Bonchev–Trinajstić information content (AvgIpc) is 2.39. The van der Waals surface area contributed by atoms with Crippen molar-refractivity contribution in [3.8, 4) is 0 Å². The molecule has 1 heterocycles. The highest BCUT2D eigenvalue weighted by Crippen LogP contribution is 2.42. The van der Waals surface area contributed by atoms with E-state index in [9.17, 15) is 5.11 Å². The molecule has 0 aliphatic heterocycles. The topological polar surface area (TPSA) is 33.4 Å². The Hall–Kier alpha value is -0.760. The van der Waals surface area contributed by atoms with Crippen molar-refractivity contribution in [1.29, 1.82) is 0 Å². The summed E-state index contributed by atoms with van der Waals surface area (Å²) in [5.74, 6) is 3.06. The van der Waals surface area contributed by atoms with Crippen molar-refractivity contribution in [2.45, 2.75) is 58.5 Å². The van der Waals surface area contributed by atoms with E-state index in [1.807, 2.05) is 6.92 Å². The third-order valence-corrected chi connectivity index (χ3v) is 3.48. The quantitative estimate of drug-likeness (QED) is 0.825. The molecule has 0 unspecified atom stereocenters. The summed E-state index contributed by atoms with van der Waals surface area (Å²) in [6, 6.07) is 0. The number of aliphatic hydroxyl groups is 1. The molecule has 2 nitrogen and oxygen atoms in total. The molecule has 0 radical (unpaired) electrons. The number of hydrogen-bond donors (Lipinski definition) is 1. The molecule has 1 aromatic heterocycles. The van der Waals surface area contributed by atoms with Crippen molar-refractivity contribution in [2.24, 2.45) is 0 Å². The van der Waals surface area contributed by atoms with Gasteiger partial charge in [-0.3, -0.25) is 0 Å². The van der Waals surface area contributed by atoms with Crippen molar-refractivity contribution < 1.29 is 9.52 Å². The summed E-state index contributed by atoms with van der Waals surface area (Å²) in [7, 11) is 0. The van der Waals surface area contributed by atoms with Crippen molar-refractivity contribution in [3.63, 3.8) is 0 Å². The monoisotopic (exact) mass is 208 g/mol. The molecule has 0 atom stereocenters. The van der Waals surface area contributed by atoms with Gasteiger partial charge < -0.3 is 9.52 Å². The number of furan rings is 1. The Morgan fingerprint density at radius 3 is 2.47 bits per heavy atom. The van der Waals surface area contributed by atoms with Gasteiger partial charge in [-0.15, -0.1) is 0 Å². The molecule has 1 fully saturated rings. The van der Waals surface area contributed by atoms with Gasteiger partial charge >= 0.3 is 0 Å². The molecular formula is C13H20O2. The highest BCUT2D eigenvalue weighted by molar-refractivity contribution is 5.37. The molecule has 84 valence electrons. The predicted molar refractivity (Wildman–Crippen MR) is 60.0 cm³/mol. The van der Waals surface area contributed by atoms with Gasteiger partial charge in [0.25, 0.3) is 0 Å². The van der Waals surface area contributed by atoms with Gasteiger partial charge in [-0.25, -0.2) is 0 Å². The van der Waals surface area contributed by atoms with Crippen LogP contribution in [0.15, 0.2) is 4.42 Å². The molecule has 15 heavy (non-hydrogen) atoms. The molecule has 2 heteroatoms. The van der Waals surface area contributed by atoms with Gasteiger partial charge in [-0.05, 0) is 25.7 Å². The van der Waals surface area contributed by atoms with Crippen molar-refractivity contribution in [3.05, 3.63) is 22.6 Å². The van der Waals surface area contributed by atoms with Crippen LogP contribution in [0.1, 0.15) is 67.6 Å². The Kier molecular flexibility index (Phi) is 2.87. The van der Waals surface area contributed by atoms with Gasteiger partial charge in [0.1, 0.15) is 11.5 Å². The summed E-state index contributed by atoms with van der Waals surface area (Å²) < 4.78 is 5.84. The zero-order valence-electron chi connectivity index (χ0n) is 9.84. The molecule has 2 rings (SSSR count). The highest BCUT2D eigenvalue weighted by atomic mass is 16.3. The standard InChI is InChI=1S/C13H20O2/c1-8(2)12-9(3)15-13(11(12)7-14)10-5-4-6-10/h8,10,14H,4-7H2,1-3H3. The van der Waals surface area contributed by atoms with Crippen LogP contribution in [0, 0.1) is 6.92 Å². The Balaban J connectivity index is 2.41. The molecule has 0 aromatic carbocycles. The minimum atomic E-state index is 0.122. The van der Waals surface area contributed by atoms with Gasteiger partial charge in [-0.2, -0.15) is 0 Å². The van der Waals surface area contributed by atoms with Gasteiger partial charge in [-0.1, -0.05) is 20.3 Å². The molecular weight excluding hydrogens is 188 g/mol. The fraction of sp³-hybridized carbons (Fsp3) is 0.692. The van der Waals surface area contributed by atoms with Crippen molar-refractivity contribution in [2.75, 3.05) is 0 Å². The van der Waals surface area contributed by atoms with E-state index in [4.69, 9.17) is 4.42 Å². The Morgan fingerprint density at radius 2 is 2.07 bits per heavy atom. The maximum Gasteiger partial charge on any atom is 0.113 e. The summed E-state index contributed by atoms with van der Waals surface area (Å²) in [6.45, 7) is 6.44.